The molecule has 4 rings (SSSR count). The van der Waals surface area contributed by atoms with Gasteiger partial charge in [-0.2, -0.15) is 10.1 Å². The first-order valence-electron chi connectivity index (χ1n) is 10.5. The van der Waals surface area contributed by atoms with E-state index in [9.17, 15) is 4.79 Å². The van der Waals surface area contributed by atoms with Crippen LogP contribution in [0.15, 0.2) is 82.5 Å². The van der Waals surface area contributed by atoms with Crippen LogP contribution in [-0.2, 0) is 4.79 Å². The van der Waals surface area contributed by atoms with Crippen LogP contribution in [0.1, 0.15) is 23.6 Å². The highest BCUT2D eigenvalue weighted by Gasteiger charge is 2.35. The molecule has 3 aromatic rings. The second kappa shape index (κ2) is 10.1. The third-order valence-electron chi connectivity index (χ3n) is 5.24. The van der Waals surface area contributed by atoms with Gasteiger partial charge in [-0.25, -0.2) is 0 Å². The molecule has 0 saturated carbocycles. The zero-order valence-electron chi connectivity index (χ0n) is 18.1. The molecule has 7 heteroatoms. The van der Waals surface area contributed by atoms with Gasteiger partial charge in [0.15, 0.2) is 0 Å². The van der Waals surface area contributed by atoms with Crippen LogP contribution in [0.4, 0.5) is 5.69 Å². The number of aromatic nitrogens is 1. The summed E-state index contributed by atoms with van der Waals surface area (Å²) in [5.74, 6) is 0.213. The molecule has 0 spiro atoms. The van der Waals surface area contributed by atoms with Gasteiger partial charge >= 0.3 is 0 Å². The van der Waals surface area contributed by atoms with Crippen LogP contribution in [0.5, 0.6) is 5.75 Å². The van der Waals surface area contributed by atoms with E-state index < -0.39 is 5.92 Å². The van der Waals surface area contributed by atoms with E-state index in [-0.39, 0.29) is 5.91 Å². The number of anilines is 1. The molecule has 2 heterocycles. The molecule has 0 radical (unpaired) electrons. The Balaban J connectivity index is 1.76. The standard InChI is InChI=1S/C25H25BrN4O2/c1-29(2)15-16-32-24-13-6-3-9-18(24)22-17-19(21-11-7-8-14-27-21)25(31)30(28-22)23-12-5-4-10-20(23)26/h3-14,19H,15-17H2,1-2H3. The Morgan fingerprint density at radius 2 is 1.81 bits per heavy atom. The maximum Gasteiger partial charge on any atom is 0.256 e. The normalized spacial score (nSPS) is 16.2. The van der Waals surface area contributed by atoms with Crippen LogP contribution >= 0.6 is 15.9 Å². The number of benzene rings is 2. The van der Waals surface area contributed by atoms with Gasteiger partial charge in [0, 0.05) is 29.2 Å². The van der Waals surface area contributed by atoms with Gasteiger partial charge < -0.3 is 9.64 Å². The monoisotopic (exact) mass is 492 g/mol. The van der Waals surface area contributed by atoms with E-state index in [0.717, 1.165) is 33.7 Å². The fraction of sp³-hybridized carbons (Fsp3) is 0.240. The van der Waals surface area contributed by atoms with Gasteiger partial charge in [-0.05, 0) is 66.4 Å². The van der Waals surface area contributed by atoms with Gasteiger partial charge in [0.05, 0.1) is 23.0 Å². The summed E-state index contributed by atoms with van der Waals surface area (Å²) in [6, 6.07) is 21.1. The van der Waals surface area contributed by atoms with Gasteiger partial charge in [0.25, 0.3) is 5.91 Å². The van der Waals surface area contributed by atoms with Gasteiger partial charge in [-0.1, -0.05) is 30.3 Å². The fourth-order valence-corrected chi connectivity index (χ4v) is 4.03. The Morgan fingerprint density at radius 1 is 1.06 bits per heavy atom. The quantitative estimate of drug-likeness (QED) is 0.479. The van der Waals surface area contributed by atoms with E-state index in [1.165, 1.54) is 5.01 Å². The number of rotatable bonds is 7. The average molecular weight is 493 g/mol. The average Bonchev–Trinajstić information content (AvgIpc) is 2.80. The summed E-state index contributed by atoms with van der Waals surface area (Å²) in [6.07, 6.45) is 2.17. The molecular formula is C25H25BrN4O2. The molecule has 2 aromatic carbocycles. The van der Waals surface area contributed by atoms with Crippen molar-refractivity contribution in [1.29, 1.82) is 0 Å². The number of para-hydroxylation sites is 2. The van der Waals surface area contributed by atoms with Crippen molar-refractivity contribution in [2.45, 2.75) is 12.3 Å². The molecule has 6 nitrogen and oxygen atoms in total. The lowest BCUT2D eigenvalue weighted by Gasteiger charge is -2.30. The minimum atomic E-state index is -0.439. The number of hydrogen-bond acceptors (Lipinski definition) is 5. The highest BCUT2D eigenvalue weighted by Crippen LogP contribution is 2.36. The van der Waals surface area contributed by atoms with Crippen molar-refractivity contribution in [3.63, 3.8) is 0 Å². The summed E-state index contributed by atoms with van der Waals surface area (Å²) < 4.78 is 6.88. The Morgan fingerprint density at radius 3 is 2.56 bits per heavy atom. The second-order valence-electron chi connectivity index (χ2n) is 7.81. The maximum atomic E-state index is 13.5. The molecule has 0 bridgehead atoms. The van der Waals surface area contributed by atoms with Crippen LogP contribution in [-0.4, -0.2) is 48.7 Å². The third-order valence-corrected chi connectivity index (χ3v) is 5.92. The molecule has 1 unspecified atom stereocenters. The van der Waals surface area contributed by atoms with Crippen LogP contribution in [0.25, 0.3) is 0 Å². The number of hydrazone groups is 1. The minimum Gasteiger partial charge on any atom is -0.492 e. The van der Waals surface area contributed by atoms with Crippen molar-refractivity contribution in [2.75, 3.05) is 32.3 Å². The summed E-state index contributed by atoms with van der Waals surface area (Å²) in [5, 5.41) is 6.28. The van der Waals surface area contributed by atoms with Crippen molar-refractivity contribution in [2.24, 2.45) is 5.10 Å². The lowest BCUT2D eigenvalue weighted by molar-refractivity contribution is -0.120. The summed E-state index contributed by atoms with van der Waals surface area (Å²) in [4.78, 5) is 20.1. The molecule has 0 aliphatic carbocycles. The molecule has 1 amide bonds. The van der Waals surface area contributed by atoms with Crippen molar-refractivity contribution in [1.82, 2.24) is 9.88 Å². The van der Waals surface area contributed by atoms with Gasteiger partial charge in [0.1, 0.15) is 12.4 Å². The molecule has 1 aromatic heterocycles. The minimum absolute atomic E-state index is 0.106. The molecule has 1 aliphatic rings. The van der Waals surface area contributed by atoms with Crippen LogP contribution < -0.4 is 9.75 Å². The molecule has 0 saturated heterocycles. The van der Waals surface area contributed by atoms with E-state index in [2.05, 4.69) is 25.8 Å². The Bertz CT molecular complexity index is 1120. The summed E-state index contributed by atoms with van der Waals surface area (Å²) >= 11 is 3.57. The third kappa shape index (κ3) is 4.89. The van der Waals surface area contributed by atoms with Gasteiger partial charge in [0.2, 0.25) is 0 Å². The van der Waals surface area contributed by atoms with Crippen molar-refractivity contribution < 1.29 is 9.53 Å². The Hall–Kier alpha value is -3.03. The number of likely N-dealkylation sites (N-methyl/N-ethyl adjacent to an activating group) is 1. The van der Waals surface area contributed by atoms with Crippen molar-refractivity contribution >= 4 is 33.2 Å². The zero-order valence-corrected chi connectivity index (χ0v) is 19.7. The highest BCUT2D eigenvalue weighted by molar-refractivity contribution is 9.10. The molecular weight excluding hydrogens is 468 g/mol. The highest BCUT2D eigenvalue weighted by atomic mass is 79.9. The van der Waals surface area contributed by atoms with Crippen molar-refractivity contribution in [3.05, 3.63) is 88.7 Å². The number of carbonyl (C=O) groups excluding carboxylic acids is 1. The van der Waals surface area contributed by atoms with Gasteiger partial charge in [-0.15, -0.1) is 0 Å². The predicted octanol–water partition coefficient (Wildman–Crippen LogP) is 4.71. The van der Waals surface area contributed by atoms with E-state index >= 15 is 0 Å². The van der Waals surface area contributed by atoms with Crippen LogP contribution in [0.3, 0.4) is 0 Å². The second-order valence-corrected chi connectivity index (χ2v) is 8.66. The van der Waals surface area contributed by atoms with Crippen LogP contribution in [0.2, 0.25) is 0 Å². The summed E-state index contributed by atoms with van der Waals surface area (Å²) in [6.45, 7) is 1.37. The molecule has 32 heavy (non-hydrogen) atoms. The predicted molar refractivity (Wildman–Crippen MR) is 130 cm³/mol. The number of ether oxygens (including phenoxy) is 1. The van der Waals surface area contributed by atoms with Gasteiger partial charge in [-0.3, -0.25) is 9.78 Å². The van der Waals surface area contributed by atoms with E-state index in [1.807, 2.05) is 80.8 Å². The van der Waals surface area contributed by atoms with Crippen molar-refractivity contribution in [3.8, 4) is 5.75 Å². The number of pyridine rings is 1. The molecule has 0 fully saturated rings. The SMILES string of the molecule is CN(C)CCOc1ccccc1C1=NN(c2ccccc2Br)C(=O)C(c2ccccn2)C1. The lowest BCUT2D eigenvalue weighted by atomic mass is 9.91. The number of hydrogen-bond donors (Lipinski definition) is 0. The largest absolute Gasteiger partial charge is 0.492 e. The lowest BCUT2D eigenvalue weighted by Crippen LogP contribution is -2.38. The molecule has 164 valence electrons. The first-order valence-corrected chi connectivity index (χ1v) is 11.3. The maximum absolute atomic E-state index is 13.5. The first-order chi connectivity index (χ1) is 15.5. The first kappa shape index (κ1) is 22.2. The zero-order chi connectivity index (χ0) is 22.5. The van der Waals surface area contributed by atoms with E-state index in [1.54, 1.807) is 6.20 Å². The number of halogens is 1. The fourth-order valence-electron chi connectivity index (χ4n) is 3.58. The summed E-state index contributed by atoms with van der Waals surface area (Å²) in [7, 11) is 4.03. The number of carbonyl (C=O) groups is 1. The summed E-state index contributed by atoms with van der Waals surface area (Å²) in [5.41, 5.74) is 3.10. The topological polar surface area (TPSA) is 58.0 Å². The van der Waals surface area contributed by atoms with E-state index in [4.69, 9.17) is 9.84 Å². The molecule has 0 N–H and O–H groups in total. The Labute approximate surface area is 196 Å². The Kier molecular flexibility index (Phi) is 6.97. The van der Waals surface area contributed by atoms with E-state index in [0.29, 0.717) is 18.7 Å². The smallest absolute Gasteiger partial charge is 0.256 e. The number of nitrogens with zero attached hydrogens (tertiary/aromatic N) is 4. The molecule has 1 aliphatic heterocycles. The van der Waals surface area contributed by atoms with Crippen LogP contribution in [0, 0.1) is 0 Å². The molecule has 1 atom stereocenters. The number of amides is 1.